The van der Waals surface area contributed by atoms with E-state index in [0.29, 0.717) is 0 Å². The molecular formula is C6H7F3O3Zn. The van der Waals surface area contributed by atoms with Crippen LogP contribution in [0.5, 0.6) is 0 Å². The van der Waals surface area contributed by atoms with Gasteiger partial charge in [0.05, 0.1) is 12.7 Å². The number of allylic oxidation sites excluding steroid dienone is 1. The molecule has 0 aromatic carbocycles. The number of carbonyl (C=O) groups is 1. The fourth-order valence-electron chi connectivity index (χ4n) is 0.377. The van der Waals surface area contributed by atoms with Gasteiger partial charge < -0.3 is 9.84 Å². The maximum atomic E-state index is 11.5. The Morgan fingerprint density at radius 3 is 2.31 bits per heavy atom. The van der Waals surface area contributed by atoms with Crippen LogP contribution >= 0.6 is 0 Å². The number of aliphatic hydroxyl groups is 1. The topological polar surface area (TPSA) is 46.5 Å². The minimum Gasteiger partial charge on any atom is -0.504 e. The van der Waals surface area contributed by atoms with Crippen molar-refractivity contribution in [3.63, 3.8) is 0 Å². The van der Waals surface area contributed by atoms with E-state index in [1.165, 1.54) is 6.92 Å². The van der Waals surface area contributed by atoms with Gasteiger partial charge >= 0.3 is 12.1 Å². The second kappa shape index (κ2) is 5.97. The predicted octanol–water partition coefficient (Wildman–Crippen LogP) is 1.55. The molecule has 0 spiro atoms. The van der Waals surface area contributed by atoms with Crippen LogP contribution in [0, 0.1) is 0 Å². The molecule has 13 heavy (non-hydrogen) atoms. The molecule has 0 radical (unpaired) electrons. The van der Waals surface area contributed by atoms with Crippen LogP contribution in [0.4, 0.5) is 13.2 Å². The Hall–Kier alpha value is -0.577. The molecule has 0 aromatic rings. The standard InChI is InChI=1S/C6H7F3O3.Zn/c1-2-12-5(11)3-4(10)6(7,8)9;/h3,10H,2H2,1H3;/b4-3-;. The zero-order chi connectivity index (χ0) is 9.78. The van der Waals surface area contributed by atoms with Crippen molar-refractivity contribution in [1.82, 2.24) is 0 Å². The number of carbonyl (C=O) groups excluding carboxylic acids is 1. The molecule has 0 amide bonds. The smallest absolute Gasteiger partial charge is 0.448 e. The SMILES string of the molecule is CCOC(=O)/C=C(\O)C(F)(F)F.[Zn]. The van der Waals surface area contributed by atoms with Gasteiger partial charge in [0, 0.05) is 19.5 Å². The Bertz CT molecular complexity index is 200. The van der Waals surface area contributed by atoms with Crippen LogP contribution < -0.4 is 0 Å². The minimum absolute atomic E-state index is 0. The van der Waals surface area contributed by atoms with E-state index in [0.717, 1.165) is 0 Å². The minimum atomic E-state index is -4.90. The summed E-state index contributed by atoms with van der Waals surface area (Å²) in [6, 6.07) is 0. The molecule has 0 unspecified atom stereocenters. The fraction of sp³-hybridized carbons (Fsp3) is 0.500. The Labute approximate surface area is 85.3 Å². The molecule has 0 aromatic heterocycles. The van der Waals surface area contributed by atoms with Crippen LogP contribution in [0.1, 0.15) is 6.92 Å². The number of rotatable bonds is 2. The third kappa shape index (κ3) is 6.57. The molecule has 0 saturated heterocycles. The van der Waals surface area contributed by atoms with E-state index < -0.39 is 17.9 Å². The summed E-state index contributed by atoms with van der Waals surface area (Å²) >= 11 is 0. The Morgan fingerprint density at radius 1 is 1.54 bits per heavy atom. The maximum absolute atomic E-state index is 11.5. The third-order valence-corrected chi connectivity index (χ3v) is 0.832. The van der Waals surface area contributed by atoms with Crippen LogP contribution in [0.15, 0.2) is 11.8 Å². The average molecular weight is 250 g/mol. The number of alkyl halides is 3. The van der Waals surface area contributed by atoms with Crippen molar-refractivity contribution in [1.29, 1.82) is 0 Å². The van der Waals surface area contributed by atoms with E-state index in [9.17, 15) is 18.0 Å². The van der Waals surface area contributed by atoms with Crippen molar-refractivity contribution in [3.8, 4) is 0 Å². The quantitative estimate of drug-likeness (QED) is 0.350. The number of hydrogen-bond acceptors (Lipinski definition) is 3. The zero-order valence-corrected chi connectivity index (χ0v) is 9.86. The number of aliphatic hydroxyl groups excluding tert-OH is 1. The molecule has 0 aliphatic carbocycles. The van der Waals surface area contributed by atoms with E-state index in [4.69, 9.17) is 5.11 Å². The van der Waals surface area contributed by atoms with Gasteiger partial charge in [-0.2, -0.15) is 13.2 Å². The second-order valence-corrected chi connectivity index (χ2v) is 1.78. The normalized spacial score (nSPS) is 11.8. The summed E-state index contributed by atoms with van der Waals surface area (Å²) in [5.74, 6) is -3.17. The molecule has 0 saturated carbocycles. The molecular weight excluding hydrogens is 242 g/mol. The van der Waals surface area contributed by atoms with Crippen molar-refractivity contribution in [3.05, 3.63) is 11.8 Å². The zero-order valence-electron chi connectivity index (χ0n) is 6.89. The van der Waals surface area contributed by atoms with Crippen molar-refractivity contribution in [2.75, 3.05) is 6.61 Å². The predicted molar refractivity (Wildman–Crippen MR) is 33.4 cm³/mol. The van der Waals surface area contributed by atoms with Gasteiger partial charge in [-0.3, -0.25) is 0 Å². The summed E-state index contributed by atoms with van der Waals surface area (Å²) in [5.41, 5.74) is 0. The van der Waals surface area contributed by atoms with Crippen LogP contribution in [0.3, 0.4) is 0 Å². The van der Waals surface area contributed by atoms with Gasteiger partial charge in [0.2, 0.25) is 5.76 Å². The average Bonchev–Trinajstić information content (AvgIpc) is 1.85. The van der Waals surface area contributed by atoms with Crippen LogP contribution in [-0.4, -0.2) is 23.9 Å². The number of halogens is 3. The van der Waals surface area contributed by atoms with Gasteiger partial charge in [-0.25, -0.2) is 4.79 Å². The molecule has 0 fully saturated rings. The van der Waals surface area contributed by atoms with E-state index >= 15 is 0 Å². The van der Waals surface area contributed by atoms with Gasteiger partial charge in [-0.05, 0) is 6.92 Å². The van der Waals surface area contributed by atoms with Crippen molar-refractivity contribution < 1.29 is 47.3 Å². The fourth-order valence-corrected chi connectivity index (χ4v) is 0.377. The first-order chi connectivity index (χ1) is 5.38. The molecule has 0 heterocycles. The molecule has 1 N–H and O–H groups in total. The Balaban J connectivity index is 0. The maximum Gasteiger partial charge on any atom is 0.448 e. The first-order valence-electron chi connectivity index (χ1n) is 3.02. The van der Waals surface area contributed by atoms with Crippen molar-refractivity contribution >= 4 is 5.97 Å². The van der Waals surface area contributed by atoms with Gasteiger partial charge in [0.15, 0.2) is 0 Å². The third-order valence-electron chi connectivity index (χ3n) is 0.832. The summed E-state index contributed by atoms with van der Waals surface area (Å²) in [6.45, 7) is 1.40. The van der Waals surface area contributed by atoms with E-state index in [1.807, 2.05) is 0 Å². The summed E-state index contributed by atoms with van der Waals surface area (Å²) in [4.78, 5) is 10.3. The van der Waals surface area contributed by atoms with Crippen LogP contribution in [0.2, 0.25) is 0 Å². The number of hydrogen-bond donors (Lipinski definition) is 1. The summed E-state index contributed by atoms with van der Waals surface area (Å²) in [5, 5.41) is 8.22. The van der Waals surface area contributed by atoms with Gasteiger partial charge in [0.25, 0.3) is 0 Å². The molecule has 0 bridgehead atoms. The molecule has 0 aliphatic rings. The number of esters is 1. The van der Waals surface area contributed by atoms with E-state index in [-0.39, 0.29) is 32.2 Å². The van der Waals surface area contributed by atoms with Gasteiger partial charge in [-0.15, -0.1) is 0 Å². The monoisotopic (exact) mass is 248 g/mol. The van der Waals surface area contributed by atoms with Crippen molar-refractivity contribution in [2.24, 2.45) is 0 Å². The molecule has 0 atom stereocenters. The van der Waals surface area contributed by atoms with Crippen LogP contribution in [0.25, 0.3) is 0 Å². The van der Waals surface area contributed by atoms with Gasteiger partial charge in [0.1, 0.15) is 0 Å². The Morgan fingerprint density at radius 2 is 2.00 bits per heavy atom. The molecule has 0 rings (SSSR count). The van der Waals surface area contributed by atoms with E-state index in [2.05, 4.69) is 4.74 Å². The molecule has 3 nitrogen and oxygen atoms in total. The summed E-state index contributed by atoms with van der Waals surface area (Å²) in [6.07, 6.45) is -4.91. The molecule has 72 valence electrons. The first kappa shape index (κ1) is 14.9. The summed E-state index contributed by atoms with van der Waals surface area (Å²) in [7, 11) is 0. The molecule has 0 aliphatic heterocycles. The number of ether oxygens (including phenoxy) is 1. The Kier molecular flexibility index (Phi) is 6.85. The van der Waals surface area contributed by atoms with Gasteiger partial charge in [-0.1, -0.05) is 0 Å². The molecule has 7 heteroatoms. The summed E-state index contributed by atoms with van der Waals surface area (Å²) < 4.78 is 38.7. The van der Waals surface area contributed by atoms with Crippen molar-refractivity contribution in [2.45, 2.75) is 13.1 Å². The van der Waals surface area contributed by atoms with E-state index in [1.54, 1.807) is 0 Å². The second-order valence-electron chi connectivity index (χ2n) is 1.78. The van der Waals surface area contributed by atoms with Crippen LogP contribution in [-0.2, 0) is 29.0 Å². The first-order valence-corrected chi connectivity index (χ1v) is 3.02. The largest absolute Gasteiger partial charge is 0.504 e.